The quantitative estimate of drug-likeness (QED) is 0.443. The van der Waals surface area contributed by atoms with Gasteiger partial charge in [-0.1, -0.05) is 12.1 Å². The Hall–Kier alpha value is -4.07. The fourth-order valence-electron chi connectivity index (χ4n) is 3.56. The number of benzene rings is 2. The third-order valence-electron chi connectivity index (χ3n) is 5.02. The maximum atomic E-state index is 4.86. The molecule has 8 nitrogen and oxygen atoms in total. The average Bonchev–Trinajstić information content (AvgIpc) is 3.36. The van der Waals surface area contributed by atoms with Crippen molar-refractivity contribution in [1.29, 1.82) is 0 Å². The van der Waals surface area contributed by atoms with Crippen LogP contribution < -0.4 is 5.32 Å². The Morgan fingerprint density at radius 1 is 1.07 bits per heavy atom. The summed E-state index contributed by atoms with van der Waals surface area (Å²) in [6.45, 7) is 0. The number of imidazole rings is 1. The van der Waals surface area contributed by atoms with Crippen molar-refractivity contribution in [3.63, 3.8) is 0 Å². The van der Waals surface area contributed by atoms with Gasteiger partial charge in [0.05, 0.1) is 28.4 Å². The van der Waals surface area contributed by atoms with Crippen molar-refractivity contribution in [2.24, 2.45) is 7.05 Å². The number of hydrogen-bond acceptors (Lipinski definition) is 4. The molecule has 3 N–H and O–H groups in total. The minimum Gasteiger partial charge on any atom is -0.337 e. The van der Waals surface area contributed by atoms with Gasteiger partial charge in [0, 0.05) is 42.3 Å². The molecule has 4 aromatic heterocycles. The standard InChI is InChI=1S/C20H16N8/c1-27-18-9-14(4-5-15(18)26-27)23-19-20-21-6-7-28(20)11-17(24-19)12-2-3-13-10-22-25-16(13)8-12/h2-11,26H,1H3,(H,22,25)(H,23,24). The number of anilines is 2. The molecule has 0 aliphatic rings. The Labute approximate surface area is 158 Å². The summed E-state index contributed by atoms with van der Waals surface area (Å²) in [4.78, 5) is 9.32. The van der Waals surface area contributed by atoms with Gasteiger partial charge in [-0.15, -0.1) is 0 Å². The molecule has 136 valence electrons. The molecule has 6 rings (SSSR count). The van der Waals surface area contributed by atoms with Gasteiger partial charge < -0.3 is 9.72 Å². The molecular formula is C20H16N8. The van der Waals surface area contributed by atoms with Crippen LogP contribution in [-0.2, 0) is 7.05 Å². The van der Waals surface area contributed by atoms with E-state index in [-0.39, 0.29) is 0 Å². The van der Waals surface area contributed by atoms with E-state index >= 15 is 0 Å². The summed E-state index contributed by atoms with van der Waals surface area (Å²) in [5.74, 6) is 0.710. The van der Waals surface area contributed by atoms with Gasteiger partial charge in [0.1, 0.15) is 0 Å². The number of aromatic amines is 2. The molecule has 28 heavy (non-hydrogen) atoms. The van der Waals surface area contributed by atoms with Crippen molar-refractivity contribution in [1.82, 2.24) is 34.3 Å². The lowest BCUT2D eigenvalue weighted by Gasteiger charge is -2.14. The summed E-state index contributed by atoms with van der Waals surface area (Å²) >= 11 is 0. The maximum Gasteiger partial charge on any atom is 0.180 e. The van der Waals surface area contributed by atoms with Crippen LogP contribution in [0.4, 0.5) is 11.5 Å². The zero-order valence-electron chi connectivity index (χ0n) is 15.0. The summed E-state index contributed by atoms with van der Waals surface area (Å²) in [5.41, 5.74) is 6.85. The lowest BCUT2D eigenvalue weighted by molar-refractivity contribution is 0.762. The number of H-pyrrole nitrogens is 2. The van der Waals surface area contributed by atoms with Crippen LogP contribution in [0.15, 0.2) is 61.2 Å². The largest absolute Gasteiger partial charge is 0.337 e. The van der Waals surface area contributed by atoms with Crippen molar-refractivity contribution in [2.45, 2.75) is 0 Å². The monoisotopic (exact) mass is 368 g/mol. The third-order valence-corrected chi connectivity index (χ3v) is 5.02. The lowest BCUT2D eigenvalue weighted by atomic mass is 10.1. The second-order valence-corrected chi connectivity index (χ2v) is 6.83. The van der Waals surface area contributed by atoms with Crippen LogP contribution in [-0.4, -0.2) is 34.3 Å². The van der Waals surface area contributed by atoms with E-state index in [1.165, 1.54) is 0 Å². The molecule has 0 unspecified atom stereocenters. The second kappa shape index (κ2) is 5.46. The Kier molecular flexibility index (Phi) is 2.93. The van der Waals surface area contributed by atoms with Crippen LogP contribution in [0.2, 0.25) is 0 Å². The van der Waals surface area contributed by atoms with Gasteiger partial charge in [0.25, 0.3) is 0 Å². The highest BCUT2D eigenvalue weighted by Crippen LogP contribution is 2.27. The average molecular weight is 368 g/mol. The SMILES string of the molecule is Cn1[nH]c2ccc(Nc3nc(-c4ccc5cn[nH]c5c4)cn4ccnc34)cc21. The van der Waals surface area contributed by atoms with Gasteiger partial charge in [-0.3, -0.25) is 14.9 Å². The molecule has 0 atom stereocenters. The molecule has 0 aliphatic heterocycles. The third kappa shape index (κ3) is 2.21. The first-order chi connectivity index (χ1) is 13.7. The molecule has 0 radical (unpaired) electrons. The highest BCUT2D eigenvalue weighted by Gasteiger charge is 2.11. The molecule has 4 heterocycles. The molecule has 0 fully saturated rings. The van der Waals surface area contributed by atoms with Gasteiger partial charge in [-0.25, -0.2) is 9.97 Å². The van der Waals surface area contributed by atoms with Crippen LogP contribution in [0.5, 0.6) is 0 Å². The summed E-state index contributed by atoms with van der Waals surface area (Å²) in [7, 11) is 1.99. The minimum absolute atomic E-state index is 0.710. The molecule has 0 aliphatic carbocycles. The number of aromatic nitrogens is 7. The smallest absolute Gasteiger partial charge is 0.180 e. The first kappa shape index (κ1) is 15.0. The zero-order chi connectivity index (χ0) is 18.7. The lowest BCUT2D eigenvalue weighted by Crippen LogP contribution is -2.06. The fraction of sp³-hybridized carbons (Fsp3) is 0.0500. The minimum atomic E-state index is 0.710. The molecular weight excluding hydrogens is 352 g/mol. The van der Waals surface area contributed by atoms with Crippen LogP contribution in [0, 0.1) is 0 Å². The van der Waals surface area contributed by atoms with Gasteiger partial charge >= 0.3 is 0 Å². The molecule has 0 bridgehead atoms. The second-order valence-electron chi connectivity index (χ2n) is 6.83. The van der Waals surface area contributed by atoms with Crippen molar-refractivity contribution < 1.29 is 0 Å². The van der Waals surface area contributed by atoms with Crippen LogP contribution in [0.1, 0.15) is 0 Å². The van der Waals surface area contributed by atoms with E-state index in [0.29, 0.717) is 5.82 Å². The van der Waals surface area contributed by atoms with Crippen molar-refractivity contribution in [3.05, 3.63) is 61.2 Å². The van der Waals surface area contributed by atoms with E-state index in [0.717, 1.165) is 44.5 Å². The van der Waals surface area contributed by atoms with E-state index < -0.39 is 0 Å². The fourth-order valence-corrected chi connectivity index (χ4v) is 3.56. The number of nitrogens with zero attached hydrogens (tertiary/aromatic N) is 5. The van der Waals surface area contributed by atoms with Crippen molar-refractivity contribution >= 4 is 39.1 Å². The summed E-state index contributed by atoms with van der Waals surface area (Å²) in [6, 6.07) is 12.3. The van der Waals surface area contributed by atoms with Gasteiger partial charge in [0.15, 0.2) is 11.5 Å². The number of fused-ring (bicyclic) bond motifs is 3. The normalized spacial score (nSPS) is 11.8. The molecule has 0 amide bonds. The van der Waals surface area contributed by atoms with E-state index in [2.05, 4.69) is 49.9 Å². The number of aryl methyl sites for hydroxylation is 1. The van der Waals surface area contributed by atoms with Crippen LogP contribution in [0.3, 0.4) is 0 Å². The summed E-state index contributed by atoms with van der Waals surface area (Å²) < 4.78 is 3.96. The molecule has 8 heteroatoms. The Morgan fingerprint density at radius 2 is 2.04 bits per heavy atom. The molecule has 0 saturated heterocycles. The van der Waals surface area contributed by atoms with E-state index in [1.807, 2.05) is 46.9 Å². The first-order valence-electron chi connectivity index (χ1n) is 8.93. The van der Waals surface area contributed by atoms with Gasteiger partial charge in [-0.05, 0) is 24.3 Å². The highest BCUT2D eigenvalue weighted by atomic mass is 15.3. The summed E-state index contributed by atoms with van der Waals surface area (Å²) in [6.07, 6.45) is 7.51. The summed E-state index contributed by atoms with van der Waals surface area (Å²) in [5, 5.41) is 14.8. The molecule has 0 saturated carbocycles. The molecule has 6 aromatic rings. The first-order valence-corrected chi connectivity index (χ1v) is 8.93. The zero-order valence-corrected chi connectivity index (χ0v) is 15.0. The Balaban J connectivity index is 1.48. The Bertz CT molecular complexity index is 1460. The van der Waals surface area contributed by atoms with E-state index in [9.17, 15) is 0 Å². The van der Waals surface area contributed by atoms with Gasteiger partial charge in [-0.2, -0.15) is 5.10 Å². The van der Waals surface area contributed by atoms with Crippen LogP contribution in [0.25, 0.3) is 38.8 Å². The van der Waals surface area contributed by atoms with E-state index in [1.54, 1.807) is 6.20 Å². The predicted molar refractivity (Wildman–Crippen MR) is 109 cm³/mol. The topological polar surface area (TPSA) is 91.6 Å². The predicted octanol–water partition coefficient (Wildman–Crippen LogP) is 3.84. The molecule has 2 aromatic carbocycles. The van der Waals surface area contributed by atoms with Crippen molar-refractivity contribution in [2.75, 3.05) is 5.32 Å². The number of nitrogens with one attached hydrogen (secondary N) is 3. The molecule has 0 spiro atoms. The van der Waals surface area contributed by atoms with Crippen LogP contribution >= 0.6 is 0 Å². The van der Waals surface area contributed by atoms with Crippen molar-refractivity contribution in [3.8, 4) is 11.3 Å². The van der Waals surface area contributed by atoms with Gasteiger partial charge in [0.2, 0.25) is 0 Å². The Morgan fingerprint density at radius 3 is 2.96 bits per heavy atom. The highest BCUT2D eigenvalue weighted by molar-refractivity contribution is 5.85. The number of hydrogen-bond donors (Lipinski definition) is 3. The maximum absolute atomic E-state index is 4.86. The number of rotatable bonds is 3. The van der Waals surface area contributed by atoms with E-state index in [4.69, 9.17) is 4.98 Å².